The van der Waals surface area contributed by atoms with Gasteiger partial charge in [-0.25, -0.2) is 0 Å². The topological polar surface area (TPSA) is 24.8 Å². The molecule has 8 heavy (non-hydrogen) atoms. The van der Waals surface area contributed by atoms with E-state index in [2.05, 4.69) is 11.8 Å². The molecule has 46 valence electrons. The Kier molecular flexibility index (Phi) is 1.86. The number of rotatable bonds is 1. The van der Waals surface area contributed by atoms with Crippen molar-refractivity contribution in [2.75, 3.05) is 26.3 Å². The molecule has 0 bridgehead atoms. The van der Waals surface area contributed by atoms with E-state index in [9.17, 15) is 0 Å². The fourth-order valence-corrected chi connectivity index (χ4v) is 0.695. The van der Waals surface area contributed by atoms with Crippen molar-refractivity contribution in [3.8, 4) is 0 Å². The van der Waals surface area contributed by atoms with E-state index < -0.39 is 0 Å². The summed E-state index contributed by atoms with van der Waals surface area (Å²) >= 11 is 0. The lowest BCUT2D eigenvalue weighted by atomic mass is 10.5. The van der Waals surface area contributed by atoms with Crippen LogP contribution in [0.3, 0.4) is 0 Å². The Labute approximate surface area is 48.9 Å². The Balaban J connectivity index is 2.22. The molecule has 0 amide bonds. The molecule has 0 radical (unpaired) electrons. The first kappa shape index (κ1) is 5.56. The summed E-state index contributed by atoms with van der Waals surface area (Å²) in [6.07, 6.45) is 0. The lowest BCUT2D eigenvalue weighted by molar-refractivity contribution is 0.0399. The van der Waals surface area contributed by atoms with E-state index in [1.165, 1.54) is 0 Å². The summed E-state index contributed by atoms with van der Waals surface area (Å²) in [5.74, 6) is 0. The second kappa shape index (κ2) is 2.67. The van der Waals surface area contributed by atoms with Gasteiger partial charge in [0.15, 0.2) is 0 Å². The summed E-state index contributed by atoms with van der Waals surface area (Å²) in [4.78, 5) is 0. The molecule has 1 heterocycles. The zero-order chi connectivity index (χ0) is 5.82. The molecule has 0 aromatic rings. The van der Waals surface area contributed by atoms with Crippen LogP contribution in [0.25, 0.3) is 0 Å². The first-order valence-corrected chi connectivity index (χ1v) is 2.73. The van der Waals surface area contributed by atoms with Gasteiger partial charge in [-0.3, -0.25) is 5.01 Å². The molecule has 1 saturated heterocycles. The third-order valence-corrected chi connectivity index (χ3v) is 1.19. The molecular formula is C5H10N2O. The van der Waals surface area contributed by atoms with E-state index in [-0.39, 0.29) is 0 Å². The quantitative estimate of drug-likeness (QED) is 0.446. The molecule has 1 fully saturated rings. The van der Waals surface area contributed by atoms with Gasteiger partial charge in [0.25, 0.3) is 0 Å². The number of hydrogen-bond donors (Lipinski definition) is 0. The van der Waals surface area contributed by atoms with Gasteiger partial charge in [0.2, 0.25) is 0 Å². The van der Waals surface area contributed by atoms with Crippen molar-refractivity contribution < 1.29 is 4.74 Å². The van der Waals surface area contributed by atoms with Gasteiger partial charge >= 0.3 is 0 Å². The summed E-state index contributed by atoms with van der Waals surface area (Å²) in [7, 11) is 0. The fraction of sp³-hybridized carbons (Fsp3) is 0.800. The molecule has 0 spiro atoms. The normalized spacial score (nSPS) is 20.8. The Hall–Kier alpha value is -0.570. The highest BCUT2D eigenvalue weighted by atomic mass is 16.5. The Morgan fingerprint density at radius 3 is 2.38 bits per heavy atom. The summed E-state index contributed by atoms with van der Waals surface area (Å²) in [5, 5.41) is 5.66. The van der Waals surface area contributed by atoms with Gasteiger partial charge in [0.1, 0.15) is 0 Å². The van der Waals surface area contributed by atoms with Crippen molar-refractivity contribution in [3.63, 3.8) is 0 Å². The van der Waals surface area contributed by atoms with Gasteiger partial charge in [-0.1, -0.05) is 0 Å². The molecule has 1 aliphatic heterocycles. The molecule has 1 rings (SSSR count). The van der Waals surface area contributed by atoms with Gasteiger partial charge in [0.05, 0.1) is 26.3 Å². The van der Waals surface area contributed by atoms with Crippen molar-refractivity contribution in [1.29, 1.82) is 0 Å². The van der Waals surface area contributed by atoms with E-state index in [0.29, 0.717) is 0 Å². The van der Waals surface area contributed by atoms with Crippen LogP contribution in [-0.2, 0) is 4.74 Å². The second-order valence-electron chi connectivity index (χ2n) is 1.71. The molecular weight excluding hydrogens is 104 g/mol. The minimum Gasteiger partial charge on any atom is -0.378 e. The van der Waals surface area contributed by atoms with Crippen LogP contribution in [0.5, 0.6) is 0 Å². The first-order chi connectivity index (χ1) is 3.93. The first-order valence-electron chi connectivity index (χ1n) is 2.73. The van der Waals surface area contributed by atoms with Gasteiger partial charge in [0, 0.05) is 6.72 Å². The zero-order valence-electron chi connectivity index (χ0n) is 4.84. The molecule has 0 N–H and O–H groups in total. The van der Waals surface area contributed by atoms with Crippen LogP contribution in [0.1, 0.15) is 0 Å². The highest BCUT2D eigenvalue weighted by molar-refractivity contribution is 5.22. The van der Waals surface area contributed by atoms with E-state index >= 15 is 0 Å². The zero-order valence-corrected chi connectivity index (χ0v) is 4.84. The van der Waals surface area contributed by atoms with Crippen molar-refractivity contribution in [1.82, 2.24) is 5.01 Å². The lowest BCUT2D eigenvalue weighted by Gasteiger charge is -2.22. The molecule has 3 nitrogen and oxygen atoms in total. The Morgan fingerprint density at radius 1 is 1.38 bits per heavy atom. The van der Waals surface area contributed by atoms with Gasteiger partial charge in [-0.15, -0.1) is 0 Å². The van der Waals surface area contributed by atoms with Crippen molar-refractivity contribution in [2.24, 2.45) is 5.10 Å². The third-order valence-electron chi connectivity index (χ3n) is 1.19. The summed E-state index contributed by atoms with van der Waals surface area (Å²) in [6.45, 7) is 6.77. The SMILES string of the molecule is C=NN1CCOCC1. The van der Waals surface area contributed by atoms with Crippen molar-refractivity contribution in [2.45, 2.75) is 0 Å². The standard InChI is InChI=1S/C5H10N2O/c1-6-7-2-4-8-5-3-7/h1-5H2. The van der Waals surface area contributed by atoms with Crippen LogP contribution in [0, 0.1) is 0 Å². The average Bonchev–Trinajstić information content (AvgIpc) is 1.90. The monoisotopic (exact) mass is 114 g/mol. The van der Waals surface area contributed by atoms with Crippen LogP contribution in [0.4, 0.5) is 0 Å². The maximum Gasteiger partial charge on any atom is 0.0659 e. The highest BCUT2D eigenvalue weighted by Crippen LogP contribution is 1.94. The summed E-state index contributed by atoms with van der Waals surface area (Å²) in [6, 6.07) is 0. The number of hydrazone groups is 1. The average molecular weight is 114 g/mol. The Bertz CT molecular complexity index is 78.5. The fourth-order valence-electron chi connectivity index (χ4n) is 0.695. The summed E-state index contributed by atoms with van der Waals surface area (Å²) in [5.41, 5.74) is 0. The van der Waals surface area contributed by atoms with E-state index in [1.807, 2.05) is 5.01 Å². The van der Waals surface area contributed by atoms with Crippen LogP contribution in [0.15, 0.2) is 5.10 Å². The molecule has 0 aromatic heterocycles. The van der Waals surface area contributed by atoms with Gasteiger partial charge in [-0.05, 0) is 0 Å². The molecule has 3 heteroatoms. The molecule has 1 aliphatic rings. The van der Waals surface area contributed by atoms with E-state index in [1.54, 1.807) is 0 Å². The summed E-state index contributed by atoms with van der Waals surface area (Å²) < 4.78 is 5.07. The molecule has 0 saturated carbocycles. The minimum atomic E-state index is 0.791. The number of nitrogens with zero attached hydrogens (tertiary/aromatic N) is 2. The second-order valence-corrected chi connectivity index (χ2v) is 1.71. The van der Waals surface area contributed by atoms with Crippen molar-refractivity contribution >= 4 is 6.72 Å². The largest absolute Gasteiger partial charge is 0.378 e. The minimum absolute atomic E-state index is 0.791. The predicted molar refractivity (Wildman–Crippen MR) is 31.9 cm³/mol. The lowest BCUT2D eigenvalue weighted by Crippen LogP contribution is -2.31. The van der Waals surface area contributed by atoms with Crippen LogP contribution >= 0.6 is 0 Å². The van der Waals surface area contributed by atoms with Gasteiger partial charge in [-0.2, -0.15) is 5.10 Å². The third kappa shape index (κ3) is 1.20. The Morgan fingerprint density at radius 2 is 2.00 bits per heavy atom. The van der Waals surface area contributed by atoms with E-state index in [0.717, 1.165) is 26.3 Å². The smallest absolute Gasteiger partial charge is 0.0659 e. The van der Waals surface area contributed by atoms with Crippen LogP contribution < -0.4 is 0 Å². The highest BCUT2D eigenvalue weighted by Gasteiger charge is 2.04. The number of hydrogen-bond acceptors (Lipinski definition) is 3. The van der Waals surface area contributed by atoms with Crippen LogP contribution in [-0.4, -0.2) is 38.0 Å². The van der Waals surface area contributed by atoms with Crippen molar-refractivity contribution in [3.05, 3.63) is 0 Å². The maximum atomic E-state index is 5.07. The maximum absolute atomic E-state index is 5.07. The predicted octanol–water partition coefficient (Wildman–Crippen LogP) is -0.0658. The molecule has 0 aliphatic carbocycles. The molecule has 0 atom stereocenters. The molecule has 0 aromatic carbocycles. The number of ether oxygens (including phenoxy) is 1. The van der Waals surface area contributed by atoms with Crippen LogP contribution in [0.2, 0.25) is 0 Å². The number of morpholine rings is 1. The van der Waals surface area contributed by atoms with E-state index in [4.69, 9.17) is 4.74 Å². The molecule has 0 unspecified atom stereocenters. The van der Waals surface area contributed by atoms with Gasteiger partial charge < -0.3 is 4.74 Å².